The molecule has 90 valence electrons. The first-order chi connectivity index (χ1) is 9.24. The van der Waals surface area contributed by atoms with Gasteiger partial charge in [0.2, 0.25) is 0 Å². The van der Waals surface area contributed by atoms with Crippen LogP contribution in [0.1, 0.15) is 21.5 Å². The van der Waals surface area contributed by atoms with E-state index in [0.29, 0.717) is 0 Å². The number of para-hydroxylation sites is 1. The number of fused-ring (bicyclic) bond motifs is 4. The molecule has 0 aliphatic heterocycles. The summed E-state index contributed by atoms with van der Waals surface area (Å²) < 4.78 is 0. The van der Waals surface area contributed by atoms with Crippen molar-refractivity contribution in [2.75, 3.05) is 0 Å². The number of benzene rings is 2. The molecule has 0 spiro atoms. The molecule has 0 amide bonds. The molecule has 0 unspecified atom stereocenters. The molecule has 1 aliphatic rings. The quantitative estimate of drug-likeness (QED) is 0.472. The van der Waals surface area contributed by atoms with Crippen molar-refractivity contribution in [1.82, 2.24) is 4.98 Å². The van der Waals surface area contributed by atoms with Crippen LogP contribution in [-0.4, -0.2) is 10.8 Å². The van der Waals surface area contributed by atoms with Gasteiger partial charge in [-0.3, -0.25) is 4.79 Å². The first-order valence-corrected chi connectivity index (χ1v) is 6.29. The fraction of sp³-hybridized carbons (Fsp3) is 0.0588. The van der Waals surface area contributed by atoms with E-state index in [9.17, 15) is 4.79 Å². The minimum Gasteiger partial charge on any atom is -0.289 e. The SMILES string of the molecule is Cc1ccc2c(c1)C(=O)c1cc3ccccc3nc1-2. The number of pyridine rings is 1. The summed E-state index contributed by atoms with van der Waals surface area (Å²) in [5.74, 6) is 0.0898. The smallest absolute Gasteiger partial charge is 0.195 e. The van der Waals surface area contributed by atoms with Crippen molar-refractivity contribution >= 4 is 16.7 Å². The molecule has 4 rings (SSSR count). The van der Waals surface area contributed by atoms with Crippen molar-refractivity contribution in [2.24, 2.45) is 0 Å². The predicted molar refractivity (Wildman–Crippen MR) is 75.3 cm³/mol. The van der Waals surface area contributed by atoms with Crippen LogP contribution in [0, 0.1) is 6.92 Å². The number of aromatic nitrogens is 1. The van der Waals surface area contributed by atoms with E-state index in [1.54, 1.807) is 0 Å². The van der Waals surface area contributed by atoms with Crippen molar-refractivity contribution in [3.05, 3.63) is 65.2 Å². The summed E-state index contributed by atoms with van der Waals surface area (Å²) in [6.07, 6.45) is 0. The van der Waals surface area contributed by atoms with Crippen LogP contribution < -0.4 is 0 Å². The highest BCUT2D eigenvalue weighted by Crippen LogP contribution is 2.37. The van der Waals surface area contributed by atoms with Gasteiger partial charge in [-0.1, -0.05) is 35.9 Å². The third kappa shape index (κ3) is 1.37. The van der Waals surface area contributed by atoms with Gasteiger partial charge in [-0.05, 0) is 25.1 Å². The maximum Gasteiger partial charge on any atom is 0.195 e. The Morgan fingerprint density at radius 1 is 0.895 bits per heavy atom. The number of hydrogen-bond acceptors (Lipinski definition) is 2. The van der Waals surface area contributed by atoms with Crippen molar-refractivity contribution in [1.29, 1.82) is 0 Å². The van der Waals surface area contributed by atoms with Crippen LogP contribution >= 0.6 is 0 Å². The van der Waals surface area contributed by atoms with Gasteiger partial charge in [0.1, 0.15) is 0 Å². The second-order valence-electron chi connectivity index (χ2n) is 4.96. The summed E-state index contributed by atoms with van der Waals surface area (Å²) in [6.45, 7) is 2.00. The van der Waals surface area contributed by atoms with E-state index in [0.717, 1.165) is 38.9 Å². The maximum absolute atomic E-state index is 12.4. The van der Waals surface area contributed by atoms with Gasteiger partial charge in [0.25, 0.3) is 0 Å². The summed E-state index contributed by atoms with van der Waals surface area (Å²) in [7, 11) is 0. The second-order valence-corrected chi connectivity index (χ2v) is 4.96. The van der Waals surface area contributed by atoms with Crippen molar-refractivity contribution in [3.8, 4) is 11.3 Å². The van der Waals surface area contributed by atoms with Gasteiger partial charge < -0.3 is 0 Å². The molecule has 0 bridgehead atoms. The lowest BCUT2D eigenvalue weighted by Gasteiger charge is -2.02. The number of rotatable bonds is 0. The molecule has 0 N–H and O–H groups in total. The number of hydrogen-bond donors (Lipinski definition) is 0. The summed E-state index contributed by atoms with van der Waals surface area (Å²) in [5.41, 5.74) is 5.30. The molecule has 0 atom stereocenters. The zero-order chi connectivity index (χ0) is 13.0. The number of carbonyl (C=O) groups excluding carboxylic acids is 1. The largest absolute Gasteiger partial charge is 0.289 e. The standard InChI is InChI=1S/C17H11NO/c1-10-6-7-12-13(8-10)17(19)14-9-11-4-2-3-5-15(11)18-16(12)14/h2-9H,1H3. The molecule has 19 heavy (non-hydrogen) atoms. The lowest BCUT2D eigenvalue weighted by molar-refractivity contribution is 0.104. The zero-order valence-electron chi connectivity index (χ0n) is 10.5. The zero-order valence-corrected chi connectivity index (χ0v) is 10.5. The topological polar surface area (TPSA) is 30.0 Å². The van der Waals surface area contributed by atoms with Crippen LogP contribution in [-0.2, 0) is 0 Å². The fourth-order valence-electron chi connectivity index (χ4n) is 2.69. The Balaban J connectivity index is 2.10. The van der Waals surface area contributed by atoms with Crippen LogP contribution in [0.2, 0.25) is 0 Å². The minimum atomic E-state index is 0.0898. The Morgan fingerprint density at radius 3 is 2.63 bits per heavy atom. The molecule has 0 saturated heterocycles. The molecule has 0 fully saturated rings. The molecule has 1 aliphatic carbocycles. The highest BCUT2D eigenvalue weighted by Gasteiger charge is 2.28. The summed E-state index contributed by atoms with van der Waals surface area (Å²) in [6, 6.07) is 15.8. The third-order valence-electron chi connectivity index (χ3n) is 3.64. The second kappa shape index (κ2) is 3.51. The van der Waals surface area contributed by atoms with Gasteiger partial charge >= 0.3 is 0 Å². The lowest BCUT2D eigenvalue weighted by atomic mass is 10.1. The lowest BCUT2D eigenvalue weighted by Crippen LogP contribution is -1.96. The Morgan fingerprint density at radius 2 is 1.74 bits per heavy atom. The molecule has 0 radical (unpaired) electrons. The molecule has 1 heterocycles. The highest BCUT2D eigenvalue weighted by atomic mass is 16.1. The maximum atomic E-state index is 12.4. The molecule has 0 saturated carbocycles. The van der Waals surface area contributed by atoms with Crippen LogP contribution in [0.25, 0.3) is 22.2 Å². The molecule has 2 aromatic carbocycles. The Labute approximate surface area is 110 Å². The monoisotopic (exact) mass is 245 g/mol. The summed E-state index contributed by atoms with van der Waals surface area (Å²) >= 11 is 0. The normalized spacial score (nSPS) is 12.6. The molecular weight excluding hydrogens is 234 g/mol. The van der Waals surface area contributed by atoms with E-state index in [1.807, 2.05) is 55.5 Å². The first-order valence-electron chi connectivity index (χ1n) is 6.29. The van der Waals surface area contributed by atoms with Crippen molar-refractivity contribution < 1.29 is 4.79 Å². The van der Waals surface area contributed by atoms with E-state index in [-0.39, 0.29) is 5.78 Å². The fourth-order valence-corrected chi connectivity index (χ4v) is 2.69. The van der Waals surface area contributed by atoms with Gasteiger partial charge in [-0.15, -0.1) is 0 Å². The van der Waals surface area contributed by atoms with Gasteiger partial charge in [0.05, 0.1) is 11.2 Å². The molecule has 2 heteroatoms. The summed E-state index contributed by atoms with van der Waals surface area (Å²) in [5, 5.41) is 1.01. The van der Waals surface area contributed by atoms with E-state index in [2.05, 4.69) is 4.98 Å². The average molecular weight is 245 g/mol. The van der Waals surface area contributed by atoms with Crippen molar-refractivity contribution in [3.63, 3.8) is 0 Å². The molecular formula is C17H11NO. The van der Waals surface area contributed by atoms with Gasteiger partial charge in [-0.2, -0.15) is 0 Å². The number of ketones is 1. The molecule has 2 nitrogen and oxygen atoms in total. The van der Waals surface area contributed by atoms with Crippen molar-refractivity contribution in [2.45, 2.75) is 6.92 Å². The summed E-state index contributed by atoms with van der Waals surface area (Å²) in [4.78, 5) is 17.1. The van der Waals surface area contributed by atoms with Gasteiger partial charge in [-0.25, -0.2) is 4.98 Å². The molecule has 1 aromatic heterocycles. The average Bonchev–Trinajstić information content (AvgIpc) is 2.69. The van der Waals surface area contributed by atoms with Gasteiger partial charge in [0.15, 0.2) is 5.78 Å². The van der Waals surface area contributed by atoms with E-state index >= 15 is 0 Å². The number of carbonyl (C=O) groups is 1. The van der Waals surface area contributed by atoms with Gasteiger partial charge in [0, 0.05) is 22.1 Å². The van der Waals surface area contributed by atoms with E-state index in [4.69, 9.17) is 0 Å². The number of nitrogens with zero attached hydrogens (tertiary/aromatic N) is 1. The Hall–Kier alpha value is -2.48. The Bertz CT molecular complexity index is 849. The van der Waals surface area contributed by atoms with Crippen LogP contribution in [0.5, 0.6) is 0 Å². The van der Waals surface area contributed by atoms with E-state index < -0.39 is 0 Å². The minimum absolute atomic E-state index is 0.0898. The highest BCUT2D eigenvalue weighted by molar-refractivity contribution is 6.22. The number of aryl methyl sites for hydroxylation is 1. The van der Waals surface area contributed by atoms with Crippen LogP contribution in [0.4, 0.5) is 0 Å². The van der Waals surface area contributed by atoms with Crippen LogP contribution in [0.15, 0.2) is 48.5 Å². The first kappa shape index (κ1) is 10.4. The Kier molecular flexibility index (Phi) is 1.93. The van der Waals surface area contributed by atoms with Crippen LogP contribution in [0.3, 0.4) is 0 Å². The predicted octanol–water partition coefficient (Wildman–Crippen LogP) is 3.75. The third-order valence-corrected chi connectivity index (χ3v) is 3.64. The van der Waals surface area contributed by atoms with E-state index in [1.165, 1.54) is 0 Å². The molecule has 3 aromatic rings.